The van der Waals surface area contributed by atoms with Crippen LogP contribution < -0.4 is 5.32 Å². The number of unbranched alkanes of at least 4 members (excludes halogenated alkanes) is 2. The standard InChI is InChI=1S/C30H44N4O2/c1-3-5-13-33(14-6-4-2)28(35)21-34-26-10-8-7-9-25(26)32-27(34)11-12-31-29(36)30-18-22-15-23(19-30)17-24(16-22)20-30/h7-10,22-24H,3-6,11-21H2,1-2H3,(H,31,36). The van der Waals surface area contributed by atoms with Crippen LogP contribution in [0.5, 0.6) is 0 Å². The van der Waals surface area contributed by atoms with Crippen LogP contribution in [0, 0.1) is 23.2 Å². The van der Waals surface area contributed by atoms with E-state index in [1.807, 2.05) is 23.1 Å². The Morgan fingerprint density at radius 3 is 2.22 bits per heavy atom. The summed E-state index contributed by atoms with van der Waals surface area (Å²) < 4.78 is 2.08. The Kier molecular flexibility index (Phi) is 7.68. The second-order valence-electron chi connectivity index (χ2n) is 11.9. The molecule has 0 spiro atoms. The molecular weight excluding hydrogens is 448 g/mol. The zero-order valence-electron chi connectivity index (χ0n) is 22.3. The Hall–Kier alpha value is -2.37. The van der Waals surface area contributed by atoms with Gasteiger partial charge in [-0.05, 0) is 81.3 Å². The second kappa shape index (κ2) is 10.9. The van der Waals surface area contributed by atoms with Gasteiger partial charge >= 0.3 is 0 Å². The van der Waals surface area contributed by atoms with Crippen molar-refractivity contribution in [3.05, 3.63) is 30.1 Å². The van der Waals surface area contributed by atoms with Crippen molar-refractivity contribution < 1.29 is 9.59 Å². The van der Waals surface area contributed by atoms with Gasteiger partial charge in [0.15, 0.2) is 0 Å². The lowest BCUT2D eigenvalue weighted by molar-refractivity contribution is -0.146. The summed E-state index contributed by atoms with van der Waals surface area (Å²) in [5.74, 6) is 3.62. The molecule has 196 valence electrons. The maximum absolute atomic E-state index is 13.4. The van der Waals surface area contributed by atoms with E-state index in [0.29, 0.717) is 19.5 Å². The summed E-state index contributed by atoms with van der Waals surface area (Å²) in [4.78, 5) is 33.7. The molecule has 0 aliphatic heterocycles. The molecule has 0 saturated heterocycles. The highest BCUT2D eigenvalue weighted by Crippen LogP contribution is 2.60. The molecule has 2 amide bonds. The molecule has 36 heavy (non-hydrogen) atoms. The Morgan fingerprint density at radius 1 is 1.00 bits per heavy atom. The number of fused-ring (bicyclic) bond motifs is 1. The number of benzene rings is 1. The van der Waals surface area contributed by atoms with Gasteiger partial charge in [0.05, 0.1) is 11.0 Å². The fourth-order valence-corrected chi connectivity index (χ4v) is 7.65. The van der Waals surface area contributed by atoms with Gasteiger partial charge in [0, 0.05) is 31.5 Å². The lowest BCUT2D eigenvalue weighted by atomic mass is 9.49. The smallest absolute Gasteiger partial charge is 0.242 e. The molecular formula is C30H44N4O2. The summed E-state index contributed by atoms with van der Waals surface area (Å²) in [6.45, 7) is 6.86. The third kappa shape index (κ3) is 5.19. The lowest BCUT2D eigenvalue weighted by Crippen LogP contribution is -2.53. The third-order valence-corrected chi connectivity index (χ3v) is 9.10. The van der Waals surface area contributed by atoms with Gasteiger partial charge in [-0.3, -0.25) is 9.59 Å². The van der Waals surface area contributed by atoms with Crippen molar-refractivity contribution >= 4 is 22.8 Å². The fraction of sp³-hybridized carbons (Fsp3) is 0.700. The Balaban J connectivity index is 1.26. The number of rotatable bonds is 12. The van der Waals surface area contributed by atoms with Gasteiger partial charge in [0.2, 0.25) is 11.8 Å². The maximum atomic E-state index is 13.4. The summed E-state index contributed by atoms with van der Waals surface area (Å²) >= 11 is 0. The number of amides is 2. The zero-order valence-corrected chi connectivity index (χ0v) is 22.3. The Labute approximate surface area is 216 Å². The molecule has 1 heterocycles. The largest absolute Gasteiger partial charge is 0.355 e. The van der Waals surface area contributed by atoms with E-state index in [4.69, 9.17) is 4.98 Å². The van der Waals surface area contributed by atoms with E-state index in [0.717, 1.165) is 92.6 Å². The van der Waals surface area contributed by atoms with E-state index in [1.165, 1.54) is 19.3 Å². The molecule has 4 bridgehead atoms. The van der Waals surface area contributed by atoms with Gasteiger partial charge in [-0.15, -0.1) is 0 Å². The Bertz CT molecular complexity index is 1030. The number of aromatic nitrogens is 2. The van der Waals surface area contributed by atoms with Gasteiger partial charge in [0.25, 0.3) is 0 Å². The molecule has 1 aromatic carbocycles. The molecule has 1 aromatic heterocycles. The van der Waals surface area contributed by atoms with Crippen LogP contribution in [0.3, 0.4) is 0 Å². The van der Waals surface area contributed by atoms with Gasteiger partial charge in [-0.2, -0.15) is 0 Å². The van der Waals surface area contributed by atoms with E-state index in [9.17, 15) is 9.59 Å². The average molecular weight is 493 g/mol. The van der Waals surface area contributed by atoms with Crippen LogP contribution in [0.15, 0.2) is 24.3 Å². The summed E-state index contributed by atoms with van der Waals surface area (Å²) in [6.07, 6.45) is 12.2. The van der Waals surface area contributed by atoms with Crippen LogP contribution in [0.2, 0.25) is 0 Å². The van der Waals surface area contributed by atoms with Crippen LogP contribution in [0.4, 0.5) is 0 Å². The molecule has 0 unspecified atom stereocenters. The van der Waals surface area contributed by atoms with E-state index >= 15 is 0 Å². The van der Waals surface area contributed by atoms with E-state index < -0.39 is 0 Å². The normalized spacial score (nSPS) is 26.4. The molecule has 6 nitrogen and oxygen atoms in total. The first-order valence-corrected chi connectivity index (χ1v) is 14.5. The van der Waals surface area contributed by atoms with Crippen molar-refractivity contribution in [2.75, 3.05) is 19.6 Å². The maximum Gasteiger partial charge on any atom is 0.242 e. The highest BCUT2D eigenvalue weighted by molar-refractivity contribution is 5.83. The summed E-state index contributed by atoms with van der Waals surface area (Å²) in [6, 6.07) is 8.07. The third-order valence-electron chi connectivity index (χ3n) is 9.10. The van der Waals surface area contributed by atoms with Crippen molar-refractivity contribution in [1.82, 2.24) is 19.8 Å². The first kappa shape index (κ1) is 25.3. The van der Waals surface area contributed by atoms with E-state index in [1.54, 1.807) is 0 Å². The summed E-state index contributed by atoms with van der Waals surface area (Å²) in [7, 11) is 0. The molecule has 0 atom stereocenters. The lowest BCUT2D eigenvalue weighted by Gasteiger charge is -2.55. The van der Waals surface area contributed by atoms with Crippen molar-refractivity contribution in [3.63, 3.8) is 0 Å². The number of imidazole rings is 1. The number of hydrogen-bond acceptors (Lipinski definition) is 3. The van der Waals surface area contributed by atoms with Crippen LogP contribution in [0.1, 0.15) is 83.9 Å². The van der Waals surface area contributed by atoms with Crippen LogP contribution in [-0.2, 0) is 22.6 Å². The monoisotopic (exact) mass is 492 g/mol. The first-order chi connectivity index (χ1) is 17.5. The number of para-hydroxylation sites is 2. The SMILES string of the molecule is CCCCN(CCCC)C(=O)Cn1c(CCNC(=O)C23CC4CC(CC(C4)C2)C3)nc2ccccc21. The molecule has 2 aromatic rings. The minimum Gasteiger partial charge on any atom is -0.355 e. The number of carbonyl (C=O) groups is 2. The van der Waals surface area contributed by atoms with E-state index in [2.05, 4.69) is 29.8 Å². The van der Waals surface area contributed by atoms with Gasteiger partial charge in [-0.1, -0.05) is 38.8 Å². The van der Waals surface area contributed by atoms with Crippen molar-refractivity contribution in [2.24, 2.45) is 23.2 Å². The topological polar surface area (TPSA) is 67.2 Å². The number of nitrogens with zero attached hydrogens (tertiary/aromatic N) is 3. The minimum absolute atomic E-state index is 0.121. The second-order valence-corrected chi connectivity index (χ2v) is 11.9. The van der Waals surface area contributed by atoms with Gasteiger partial charge in [0.1, 0.15) is 12.4 Å². The molecule has 4 aliphatic carbocycles. The highest BCUT2D eigenvalue weighted by atomic mass is 16.2. The Morgan fingerprint density at radius 2 is 1.61 bits per heavy atom. The van der Waals surface area contributed by atoms with Crippen LogP contribution in [-0.4, -0.2) is 45.9 Å². The minimum atomic E-state index is -0.121. The fourth-order valence-electron chi connectivity index (χ4n) is 7.65. The first-order valence-electron chi connectivity index (χ1n) is 14.5. The molecule has 4 saturated carbocycles. The number of nitrogens with one attached hydrogen (secondary N) is 1. The number of carbonyl (C=O) groups excluding carboxylic acids is 2. The zero-order chi connectivity index (χ0) is 25.1. The molecule has 0 radical (unpaired) electrons. The highest BCUT2D eigenvalue weighted by Gasteiger charge is 2.54. The average Bonchev–Trinajstić information content (AvgIpc) is 3.20. The molecule has 6 rings (SSSR count). The molecule has 6 heteroatoms. The predicted molar refractivity (Wildman–Crippen MR) is 143 cm³/mol. The molecule has 1 N–H and O–H groups in total. The van der Waals surface area contributed by atoms with Crippen molar-refractivity contribution in [2.45, 2.75) is 91.0 Å². The molecule has 4 aliphatic rings. The van der Waals surface area contributed by atoms with Gasteiger partial charge < -0.3 is 14.8 Å². The predicted octanol–water partition coefficient (Wildman–Crippen LogP) is 5.34. The van der Waals surface area contributed by atoms with Crippen molar-refractivity contribution in [3.8, 4) is 0 Å². The summed E-state index contributed by atoms with van der Waals surface area (Å²) in [5.41, 5.74) is 1.80. The summed E-state index contributed by atoms with van der Waals surface area (Å²) in [5, 5.41) is 3.30. The van der Waals surface area contributed by atoms with Crippen LogP contribution >= 0.6 is 0 Å². The molecule has 4 fully saturated rings. The van der Waals surface area contributed by atoms with Crippen molar-refractivity contribution in [1.29, 1.82) is 0 Å². The van der Waals surface area contributed by atoms with E-state index in [-0.39, 0.29) is 17.2 Å². The van der Waals surface area contributed by atoms with Crippen LogP contribution in [0.25, 0.3) is 11.0 Å². The number of hydrogen-bond donors (Lipinski definition) is 1. The van der Waals surface area contributed by atoms with Gasteiger partial charge in [-0.25, -0.2) is 4.98 Å². The quantitative estimate of drug-likeness (QED) is 0.435.